The number of furan rings is 1. The van der Waals surface area contributed by atoms with Crippen LogP contribution >= 0.6 is 11.3 Å². The van der Waals surface area contributed by atoms with Gasteiger partial charge in [0, 0.05) is 11.3 Å². The topological polar surface area (TPSA) is 96.6 Å². The van der Waals surface area contributed by atoms with Crippen LogP contribution < -0.4 is 5.32 Å². The van der Waals surface area contributed by atoms with Gasteiger partial charge in [-0.25, -0.2) is 8.42 Å². The number of amides is 1. The first-order valence-electron chi connectivity index (χ1n) is 8.27. The monoisotopic (exact) mass is 405 g/mol. The minimum absolute atomic E-state index is 0.120. The number of sulfone groups is 1. The Hall–Kier alpha value is -2.42. The van der Waals surface area contributed by atoms with E-state index in [1.807, 2.05) is 5.38 Å². The van der Waals surface area contributed by atoms with Gasteiger partial charge in [0.1, 0.15) is 5.76 Å². The lowest BCUT2D eigenvalue weighted by Crippen LogP contribution is -2.41. The van der Waals surface area contributed by atoms with Gasteiger partial charge in [0.2, 0.25) is 5.91 Å². The lowest BCUT2D eigenvalue weighted by molar-refractivity contribution is -0.121. The molecule has 0 spiro atoms. The molecule has 0 saturated carbocycles. The molecule has 0 bridgehead atoms. The maximum Gasteiger partial charge on any atom is 0.221 e. The number of carbonyl (C=O) groups excluding carboxylic acids is 1. The molecule has 0 aliphatic rings. The molecule has 8 heteroatoms. The fourth-order valence-corrected chi connectivity index (χ4v) is 4.70. The van der Waals surface area contributed by atoms with Crippen LogP contribution in [0.3, 0.4) is 0 Å². The van der Waals surface area contributed by atoms with Gasteiger partial charge in [0.05, 0.1) is 23.5 Å². The summed E-state index contributed by atoms with van der Waals surface area (Å²) in [6.07, 6.45) is 1.25. The van der Waals surface area contributed by atoms with Crippen LogP contribution in [0.1, 0.15) is 17.1 Å². The number of hydrogen-bond donors (Lipinski definition) is 2. The molecule has 0 saturated heterocycles. The molecule has 2 aromatic heterocycles. The lowest BCUT2D eigenvalue weighted by Gasteiger charge is -2.25. The van der Waals surface area contributed by atoms with Crippen LogP contribution in [0.4, 0.5) is 0 Å². The molecule has 1 amide bonds. The van der Waals surface area contributed by atoms with Crippen molar-refractivity contribution in [2.24, 2.45) is 0 Å². The Morgan fingerprint density at radius 3 is 2.52 bits per heavy atom. The van der Waals surface area contributed by atoms with E-state index in [9.17, 15) is 18.3 Å². The first-order chi connectivity index (χ1) is 12.9. The van der Waals surface area contributed by atoms with Gasteiger partial charge in [-0.2, -0.15) is 0 Å². The molecule has 1 aromatic carbocycles. The Bertz CT molecular complexity index is 930. The zero-order valence-corrected chi connectivity index (χ0v) is 16.0. The highest BCUT2D eigenvalue weighted by Crippen LogP contribution is 2.32. The quantitative estimate of drug-likeness (QED) is 0.600. The van der Waals surface area contributed by atoms with Crippen LogP contribution in [0, 0.1) is 0 Å². The van der Waals surface area contributed by atoms with Gasteiger partial charge in [-0.05, 0) is 35.7 Å². The molecule has 0 aliphatic heterocycles. The highest BCUT2D eigenvalue weighted by atomic mass is 32.2. The van der Waals surface area contributed by atoms with Gasteiger partial charge in [0.15, 0.2) is 15.4 Å². The summed E-state index contributed by atoms with van der Waals surface area (Å²) in [4.78, 5) is 13.0. The third-order valence-corrected chi connectivity index (χ3v) is 6.85. The normalized spacial score (nSPS) is 13.8. The third kappa shape index (κ3) is 4.47. The Morgan fingerprint density at radius 2 is 1.89 bits per heavy atom. The number of aliphatic hydroxyl groups is 1. The number of nitrogens with one attached hydrogen (secondary N) is 1. The fourth-order valence-electron chi connectivity index (χ4n) is 2.61. The van der Waals surface area contributed by atoms with Crippen molar-refractivity contribution in [3.63, 3.8) is 0 Å². The smallest absolute Gasteiger partial charge is 0.221 e. The number of thiophene rings is 1. The molecule has 3 aromatic rings. The molecule has 27 heavy (non-hydrogen) atoms. The van der Waals surface area contributed by atoms with Gasteiger partial charge < -0.3 is 14.8 Å². The van der Waals surface area contributed by atoms with E-state index in [1.54, 1.807) is 42.5 Å². The molecule has 1 atom stereocenters. The van der Waals surface area contributed by atoms with E-state index in [0.29, 0.717) is 10.6 Å². The highest BCUT2D eigenvalue weighted by Gasteiger charge is 2.36. The predicted octanol–water partition coefficient (Wildman–Crippen LogP) is 2.56. The number of benzene rings is 1. The average Bonchev–Trinajstić information content (AvgIpc) is 3.39. The first-order valence-corrected chi connectivity index (χ1v) is 10.8. The molecular weight excluding hydrogens is 386 g/mol. The Balaban J connectivity index is 1.64. The predicted molar refractivity (Wildman–Crippen MR) is 102 cm³/mol. The zero-order chi connectivity index (χ0) is 19.3. The second-order valence-electron chi connectivity index (χ2n) is 5.97. The van der Waals surface area contributed by atoms with Gasteiger partial charge in [-0.15, -0.1) is 11.3 Å². The fraction of sp³-hybridized carbons (Fsp3) is 0.211. The van der Waals surface area contributed by atoms with Crippen LogP contribution in [0.5, 0.6) is 0 Å². The van der Waals surface area contributed by atoms with Crippen molar-refractivity contribution in [3.05, 3.63) is 76.9 Å². The van der Waals surface area contributed by atoms with Crippen LogP contribution in [0.2, 0.25) is 0 Å². The van der Waals surface area contributed by atoms with Crippen molar-refractivity contribution < 1.29 is 22.7 Å². The maximum absolute atomic E-state index is 12.3. The van der Waals surface area contributed by atoms with E-state index in [2.05, 4.69) is 5.32 Å². The van der Waals surface area contributed by atoms with Crippen molar-refractivity contribution >= 4 is 27.1 Å². The van der Waals surface area contributed by atoms with Crippen molar-refractivity contribution in [2.45, 2.75) is 16.9 Å². The summed E-state index contributed by atoms with van der Waals surface area (Å²) < 4.78 is 29.9. The number of carbonyl (C=O) groups is 1. The van der Waals surface area contributed by atoms with Crippen molar-refractivity contribution in [3.8, 4) is 0 Å². The van der Waals surface area contributed by atoms with Crippen LogP contribution in [-0.4, -0.2) is 31.7 Å². The molecule has 0 radical (unpaired) electrons. The Morgan fingerprint density at radius 1 is 1.11 bits per heavy atom. The summed E-state index contributed by atoms with van der Waals surface area (Å²) in [6.45, 7) is -0.120. The molecule has 6 nitrogen and oxygen atoms in total. The summed E-state index contributed by atoms with van der Waals surface area (Å²) in [7, 11) is -3.54. The van der Waals surface area contributed by atoms with Crippen LogP contribution in [0.25, 0.3) is 0 Å². The summed E-state index contributed by atoms with van der Waals surface area (Å²) in [5.41, 5.74) is -1.51. The van der Waals surface area contributed by atoms with Crippen LogP contribution in [-0.2, 0) is 20.2 Å². The van der Waals surface area contributed by atoms with Gasteiger partial charge in [-0.1, -0.05) is 24.3 Å². The van der Waals surface area contributed by atoms with Gasteiger partial charge in [0.25, 0.3) is 0 Å². The van der Waals surface area contributed by atoms with E-state index in [1.165, 1.54) is 29.7 Å². The van der Waals surface area contributed by atoms with Crippen molar-refractivity contribution in [1.82, 2.24) is 5.32 Å². The molecule has 0 aliphatic carbocycles. The van der Waals surface area contributed by atoms with Crippen molar-refractivity contribution in [2.75, 3.05) is 12.3 Å². The standard InChI is InChI=1S/C19H19NO5S2/c21-18(10-13-27(23,24)15-6-2-1-3-7-15)20-14-19(22,16-8-4-11-25-16)17-9-5-12-26-17/h1-9,11-12,22H,10,13-14H2,(H,20,21). The Labute approximate surface area is 161 Å². The first kappa shape index (κ1) is 19.3. The number of hydrogen-bond acceptors (Lipinski definition) is 6. The second-order valence-corrected chi connectivity index (χ2v) is 9.03. The minimum atomic E-state index is -3.54. The van der Waals surface area contributed by atoms with Gasteiger partial charge >= 0.3 is 0 Å². The number of rotatable bonds is 8. The summed E-state index contributed by atoms with van der Waals surface area (Å²) >= 11 is 1.34. The van der Waals surface area contributed by atoms with E-state index < -0.39 is 21.3 Å². The van der Waals surface area contributed by atoms with E-state index >= 15 is 0 Å². The second kappa shape index (κ2) is 8.08. The molecule has 142 valence electrons. The molecule has 0 fully saturated rings. The molecule has 1 unspecified atom stereocenters. The average molecular weight is 405 g/mol. The van der Waals surface area contributed by atoms with Crippen molar-refractivity contribution in [1.29, 1.82) is 0 Å². The van der Waals surface area contributed by atoms with Crippen LogP contribution in [0.15, 0.2) is 75.6 Å². The Kier molecular flexibility index (Phi) is 5.79. The summed E-state index contributed by atoms with van der Waals surface area (Å²) in [5.74, 6) is -0.459. The lowest BCUT2D eigenvalue weighted by atomic mass is 9.98. The van der Waals surface area contributed by atoms with E-state index in [0.717, 1.165) is 0 Å². The molecule has 3 rings (SSSR count). The van der Waals surface area contributed by atoms with E-state index in [-0.39, 0.29) is 23.6 Å². The highest BCUT2D eigenvalue weighted by molar-refractivity contribution is 7.91. The zero-order valence-electron chi connectivity index (χ0n) is 14.4. The minimum Gasteiger partial charge on any atom is -0.466 e. The van der Waals surface area contributed by atoms with Gasteiger partial charge in [-0.3, -0.25) is 4.79 Å². The summed E-state index contributed by atoms with van der Waals surface area (Å²) in [6, 6.07) is 14.8. The maximum atomic E-state index is 12.3. The third-order valence-electron chi connectivity index (χ3n) is 4.10. The molecule has 2 N–H and O–H groups in total. The summed E-state index contributed by atoms with van der Waals surface area (Å²) in [5, 5.41) is 15.5. The molecule has 2 heterocycles. The largest absolute Gasteiger partial charge is 0.466 e. The SMILES string of the molecule is O=C(CCS(=O)(=O)c1ccccc1)NCC(O)(c1ccco1)c1cccs1. The molecular formula is C19H19NO5S2. The van der Waals surface area contributed by atoms with E-state index in [4.69, 9.17) is 4.42 Å².